The monoisotopic (exact) mass is 391 g/mol. The number of carbonyl (C=O) groups excluding carboxylic acids is 1. The highest BCUT2D eigenvalue weighted by atomic mass is 16.5. The summed E-state index contributed by atoms with van der Waals surface area (Å²) >= 11 is 0. The van der Waals surface area contributed by atoms with E-state index in [9.17, 15) is 4.79 Å². The van der Waals surface area contributed by atoms with Crippen LogP contribution < -0.4 is 4.74 Å². The third-order valence-corrected chi connectivity index (χ3v) is 5.36. The van der Waals surface area contributed by atoms with Gasteiger partial charge in [-0.3, -0.25) is 4.79 Å². The van der Waals surface area contributed by atoms with Crippen LogP contribution in [0.5, 0.6) is 5.88 Å². The number of pyridine rings is 1. The fraction of sp³-hybridized carbons (Fsp3) is 0.364. The van der Waals surface area contributed by atoms with Crippen LogP contribution in [0.3, 0.4) is 0 Å². The van der Waals surface area contributed by atoms with Crippen LogP contribution in [-0.4, -0.2) is 49.5 Å². The number of ether oxygens (including phenoxy) is 1. The third kappa shape index (κ3) is 3.99. The number of amides is 1. The van der Waals surface area contributed by atoms with Crippen LogP contribution in [0.1, 0.15) is 41.3 Å². The van der Waals surface area contributed by atoms with E-state index in [2.05, 4.69) is 22.1 Å². The molecule has 0 saturated carbocycles. The standard InChI is InChI=1S/C22H25N5O2/c1-15-6-9-20(27-24-11-12-25-27)19(13-15)22(28)26-14-18(8-7-17(26)3)29-21-16(2)5-4-10-23-21/h4-6,9-13,17-18H,7-8,14H2,1-3H3/t17-,18-/m0/s1. The number of nitrogens with zero attached hydrogens (tertiary/aromatic N) is 5. The summed E-state index contributed by atoms with van der Waals surface area (Å²) in [5, 5.41) is 8.41. The minimum Gasteiger partial charge on any atom is -0.472 e. The smallest absolute Gasteiger partial charge is 0.256 e. The minimum absolute atomic E-state index is 0.0282. The average Bonchev–Trinajstić information content (AvgIpc) is 3.25. The maximum Gasteiger partial charge on any atom is 0.256 e. The van der Waals surface area contributed by atoms with Gasteiger partial charge in [0.05, 0.1) is 30.2 Å². The number of piperidine rings is 1. The van der Waals surface area contributed by atoms with E-state index in [0.29, 0.717) is 23.7 Å². The summed E-state index contributed by atoms with van der Waals surface area (Å²) in [7, 11) is 0. The first-order valence-electron chi connectivity index (χ1n) is 9.89. The molecule has 1 fully saturated rings. The molecule has 1 saturated heterocycles. The number of likely N-dealkylation sites (tertiary alicyclic amines) is 1. The average molecular weight is 391 g/mol. The van der Waals surface area contributed by atoms with Crippen molar-refractivity contribution in [3.8, 4) is 11.6 Å². The molecule has 3 heterocycles. The van der Waals surface area contributed by atoms with Gasteiger partial charge in [-0.15, -0.1) is 0 Å². The highest BCUT2D eigenvalue weighted by Gasteiger charge is 2.32. The molecule has 3 aromatic rings. The van der Waals surface area contributed by atoms with E-state index in [-0.39, 0.29) is 18.1 Å². The van der Waals surface area contributed by atoms with Crippen molar-refractivity contribution in [3.63, 3.8) is 0 Å². The predicted octanol–water partition coefficient (Wildman–Crippen LogP) is 3.35. The topological polar surface area (TPSA) is 73.1 Å². The molecule has 7 nitrogen and oxygen atoms in total. The number of benzene rings is 1. The Kier molecular flexibility index (Phi) is 5.29. The van der Waals surface area contributed by atoms with Crippen molar-refractivity contribution in [2.45, 2.75) is 45.8 Å². The van der Waals surface area contributed by atoms with Gasteiger partial charge in [0.1, 0.15) is 6.10 Å². The van der Waals surface area contributed by atoms with Crippen LogP contribution in [0.2, 0.25) is 0 Å². The van der Waals surface area contributed by atoms with E-state index in [1.54, 1.807) is 18.6 Å². The molecule has 150 valence electrons. The predicted molar refractivity (Wildman–Crippen MR) is 109 cm³/mol. The van der Waals surface area contributed by atoms with E-state index in [1.165, 1.54) is 4.80 Å². The molecule has 29 heavy (non-hydrogen) atoms. The van der Waals surface area contributed by atoms with Crippen molar-refractivity contribution in [2.75, 3.05) is 6.54 Å². The van der Waals surface area contributed by atoms with Crippen molar-refractivity contribution in [1.29, 1.82) is 0 Å². The zero-order chi connectivity index (χ0) is 20.4. The number of carbonyl (C=O) groups is 1. The van der Waals surface area contributed by atoms with Crippen molar-refractivity contribution in [2.24, 2.45) is 0 Å². The van der Waals surface area contributed by atoms with E-state index in [0.717, 1.165) is 24.0 Å². The van der Waals surface area contributed by atoms with Gasteiger partial charge in [-0.2, -0.15) is 15.0 Å². The van der Waals surface area contributed by atoms with Crippen molar-refractivity contribution in [3.05, 3.63) is 65.6 Å². The molecule has 0 spiro atoms. The molecule has 1 aromatic carbocycles. The lowest BCUT2D eigenvalue weighted by molar-refractivity contribution is 0.0371. The molecule has 4 rings (SSSR count). The van der Waals surface area contributed by atoms with Gasteiger partial charge in [0, 0.05) is 17.8 Å². The Morgan fingerprint density at radius 2 is 1.90 bits per heavy atom. The number of hydrogen-bond acceptors (Lipinski definition) is 5. The lowest BCUT2D eigenvalue weighted by Gasteiger charge is -2.38. The fourth-order valence-corrected chi connectivity index (χ4v) is 3.70. The van der Waals surface area contributed by atoms with Crippen LogP contribution in [0, 0.1) is 13.8 Å². The van der Waals surface area contributed by atoms with Gasteiger partial charge < -0.3 is 9.64 Å². The Balaban J connectivity index is 1.59. The SMILES string of the molecule is Cc1ccc(-n2nccn2)c(C(=O)N2C[C@@H](Oc3ncccc3C)CC[C@@H]2C)c1. The fourth-order valence-electron chi connectivity index (χ4n) is 3.70. The van der Waals surface area contributed by atoms with Crippen molar-refractivity contribution < 1.29 is 9.53 Å². The van der Waals surface area contributed by atoms with Crippen molar-refractivity contribution in [1.82, 2.24) is 24.9 Å². The molecule has 0 aliphatic carbocycles. The summed E-state index contributed by atoms with van der Waals surface area (Å²) in [6, 6.07) is 9.76. The Morgan fingerprint density at radius 3 is 2.66 bits per heavy atom. The lowest BCUT2D eigenvalue weighted by Crippen LogP contribution is -2.49. The van der Waals surface area contributed by atoms with Crippen molar-refractivity contribution >= 4 is 5.91 Å². The number of rotatable bonds is 4. The van der Waals surface area contributed by atoms with Gasteiger partial charge in [-0.1, -0.05) is 17.7 Å². The van der Waals surface area contributed by atoms with E-state index in [1.807, 2.05) is 49.1 Å². The maximum absolute atomic E-state index is 13.5. The number of hydrogen-bond donors (Lipinski definition) is 0. The quantitative estimate of drug-likeness (QED) is 0.682. The van der Waals surface area contributed by atoms with Gasteiger partial charge in [0.15, 0.2) is 0 Å². The Labute approximate surface area is 170 Å². The molecule has 2 atom stereocenters. The molecule has 0 bridgehead atoms. The molecular formula is C22H25N5O2. The molecule has 0 radical (unpaired) electrons. The largest absolute Gasteiger partial charge is 0.472 e. The van der Waals surface area contributed by atoms with Crippen LogP contribution in [0.25, 0.3) is 5.69 Å². The summed E-state index contributed by atoms with van der Waals surface area (Å²) in [5.41, 5.74) is 3.30. The van der Waals surface area contributed by atoms with Gasteiger partial charge in [0.25, 0.3) is 5.91 Å². The highest BCUT2D eigenvalue weighted by Crippen LogP contribution is 2.26. The molecule has 2 aromatic heterocycles. The molecule has 1 aliphatic heterocycles. The second-order valence-electron chi connectivity index (χ2n) is 7.59. The zero-order valence-corrected chi connectivity index (χ0v) is 16.9. The second-order valence-corrected chi connectivity index (χ2v) is 7.59. The van der Waals surface area contributed by atoms with Crippen LogP contribution >= 0.6 is 0 Å². The van der Waals surface area contributed by atoms with Crippen LogP contribution in [-0.2, 0) is 0 Å². The Bertz CT molecular complexity index is 1000. The number of aryl methyl sites for hydroxylation is 2. The first kappa shape index (κ1) is 19.1. The van der Waals surface area contributed by atoms with Gasteiger partial charge in [-0.25, -0.2) is 4.98 Å². The summed E-state index contributed by atoms with van der Waals surface area (Å²) in [5.74, 6) is 0.607. The third-order valence-electron chi connectivity index (χ3n) is 5.36. The first-order valence-corrected chi connectivity index (χ1v) is 9.89. The molecule has 0 N–H and O–H groups in total. The lowest BCUT2D eigenvalue weighted by atomic mass is 9.99. The van der Waals surface area contributed by atoms with E-state index < -0.39 is 0 Å². The van der Waals surface area contributed by atoms with Gasteiger partial charge in [-0.05, 0) is 51.8 Å². The molecule has 1 aliphatic rings. The van der Waals surface area contributed by atoms with Crippen LogP contribution in [0.4, 0.5) is 0 Å². The van der Waals surface area contributed by atoms with Gasteiger partial charge in [0.2, 0.25) is 5.88 Å². The zero-order valence-electron chi connectivity index (χ0n) is 16.9. The van der Waals surface area contributed by atoms with Crippen LogP contribution in [0.15, 0.2) is 48.9 Å². The summed E-state index contributed by atoms with van der Waals surface area (Å²) in [4.78, 5) is 21.3. The first-order chi connectivity index (χ1) is 14.0. The van der Waals surface area contributed by atoms with Gasteiger partial charge >= 0.3 is 0 Å². The normalized spacial score (nSPS) is 19.2. The molecular weight excluding hydrogens is 366 g/mol. The molecule has 7 heteroatoms. The van der Waals surface area contributed by atoms with E-state index in [4.69, 9.17) is 4.74 Å². The summed E-state index contributed by atoms with van der Waals surface area (Å²) in [6.45, 7) is 6.57. The Morgan fingerprint density at radius 1 is 1.10 bits per heavy atom. The minimum atomic E-state index is -0.0835. The summed E-state index contributed by atoms with van der Waals surface area (Å²) < 4.78 is 6.14. The molecule has 0 unspecified atom stereocenters. The Hall–Kier alpha value is -3.22. The van der Waals surface area contributed by atoms with E-state index >= 15 is 0 Å². The second kappa shape index (κ2) is 8.03. The molecule has 1 amide bonds. The number of aromatic nitrogens is 4. The highest BCUT2D eigenvalue weighted by molar-refractivity contribution is 5.98. The maximum atomic E-state index is 13.5. The summed E-state index contributed by atoms with van der Waals surface area (Å²) in [6.07, 6.45) is 6.63.